The van der Waals surface area contributed by atoms with Gasteiger partial charge in [0.1, 0.15) is 5.75 Å². The van der Waals surface area contributed by atoms with E-state index in [1.165, 1.54) is 4.90 Å². The first kappa shape index (κ1) is 15.4. The lowest BCUT2D eigenvalue weighted by Gasteiger charge is -2.09. The summed E-state index contributed by atoms with van der Waals surface area (Å²) in [7, 11) is 1.63. The molecule has 1 heterocycles. The maximum Gasteiger partial charge on any atom is 0.293 e. The molecule has 0 unspecified atom stereocenters. The Morgan fingerprint density at radius 1 is 1.17 bits per heavy atom. The molecule has 116 valence electrons. The monoisotopic (exact) mass is 325 g/mol. The largest absolute Gasteiger partial charge is 0.496 e. The zero-order valence-electron chi connectivity index (χ0n) is 12.6. The van der Waals surface area contributed by atoms with E-state index in [9.17, 15) is 9.59 Å². The molecule has 2 aromatic rings. The Kier molecular flexibility index (Phi) is 4.21. The molecule has 1 saturated heterocycles. The van der Waals surface area contributed by atoms with Gasteiger partial charge in [0.05, 0.1) is 12.0 Å². The average Bonchev–Trinajstić information content (AvgIpc) is 2.83. The number of carbonyl (C=O) groups excluding carboxylic acids is 2. The van der Waals surface area contributed by atoms with Crippen molar-refractivity contribution in [2.24, 2.45) is 0 Å². The van der Waals surface area contributed by atoms with Crippen LogP contribution in [0.5, 0.6) is 5.75 Å². The maximum absolute atomic E-state index is 12.3. The van der Waals surface area contributed by atoms with Crippen molar-refractivity contribution in [3.8, 4) is 5.75 Å². The van der Waals surface area contributed by atoms with E-state index in [0.717, 1.165) is 33.8 Å². The molecule has 0 atom stereocenters. The zero-order chi connectivity index (χ0) is 16.4. The second-order valence-corrected chi connectivity index (χ2v) is 5.98. The van der Waals surface area contributed by atoms with Crippen LogP contribution < -0.4 is 4.74 Å². The number of hydrogen-bond acceptors (Lipinski definition) is 4. The molecular formula is C18H15NO3S. The third-order valence-electron chi connectivity index (χ3n) is 3.61. The van der Waals surface area contributed by atoms with Crippen molar-refractivity contribution in [3.63, 3.8) is 0 Å². The molecule has 0 saturated carbocycles. The third kappa shape index (κ3) is 2.75. The van der Waals surface area contributed by atoms with Crippen LogP contribution in [-0.2, 0) is 4.79 Å². The number of rotatable bonds is 4. The summed E-state index contributed by atoms with van der Waals surface area (Å²) in [6.07, 6.45) is 3.30. The van der Waals surface area contributed by atoms with Crippen molar-refractivity contribution in [1.82, 2.24) is 4.90 Å². The van der Waals surface area contributed by atoms with Crippen LogP contribution >= 0.6 is 11.8 Å². The summed E-state index contributed by atoms with van der Waals surface area (Å²) in [6.45, 7) is 3.80. The number of amides is 2. The van der Waals surface area contributed by atoms with E-state index in [-0.39, 0.29) is 17.7 Å². The molecular weight excluding hydrogens is 310 g/mol. The lowest BCUT2D eigenvalue weighted by Crippen LogP contribution is -2.27. The first-order valence-corrected chi connectivity index (χ1v) is 7.89. The maximum atomic E-state index is 12.3. The summed E-state index contributed by atoms with van der Waals surface area (Å²) in [5.74, 6) is 0.498. The molecule has 0 spiro atoms. The van der Waals surface area contributed by atoms with Crippen LogP contribution in [0, 0.1) is 0 Å². The molecule has 3 rings (SSSR count). The Labute approximate surface area is 138 Å². The minimum atomic E-state index is -0.278. The standard InChI is InChI=1S/C18H15NO3S/c1-3-10-19-17(20)16(23-18(19)21)11-12-8-9-15(22-2)14-7-5-4-6-13(12)14/h3-9,11H,1,10H2,2H3/b16-11+. The fourth-order valence-electron chi connectivity index (χ4n) is 2.53. The highest BCUT2D eigenvalue weighted by atomic mass is 32.2. The van der Waals surface area contributed by atoms with Crippen molar-refractivity contribution < 1.29 is 14.3 Å². The smallest absolute Gasteiger partial charge is 0.293 e. The molecule has 0 aromatic heterocycles. The summed E-state index contributed by atoms with van der Waals surface area (Å²) in [6, 6.07) is 11.6. The number of carbonyl (C=O) groups is 2. The van der Waals surface area contributed by atoms with Gasteiger partial charge < -0.3 is 4.74 Å². The Balaban J connectivity index is 2.07. The predicted molar refractivity (Wildman–Crippen MR) is 93.4 cm³/mol. The first-order valence-electron chi connectivity index (χ1n) is 7.07. The van der Waals surface area contributed by atoms with Crippen LogP contribution in [0.3, 0.4) is 0 Å². The van der Waals surface area contributed by atoms with Gasteiger partial charge in [-0.2, -0.15) is 0 Å². The van der Waals surface area contributed by atoms with Crippen molar-refractivity contribution in [1.29, 1.82) is 0 Å². The molecule has 1 fully saturated rings. The van der Waals surface area contributed by atoms with E-state index >= 15 is 0 Å². The van der Waals surface area contributed by atoms with Crippen LogP contribution in [0.15, 0.2) is 54.0 Å². The van der Waals surface area contributed by atoms with E-state index in [1.54, 1.807) is 19.3 Å². The normalized spacial score (nSPS) is 16.4. The highest BCUT2D eigenvalue weighted by molar-refractivity contribution is 8.18. The third-order valence-corrected chi connectivity index (χ3v) is 4.52. The molecule has 1 aliphatic rings. The van der Waals surface area contributed by atoms with Gasteiger partial charge >= 0.3 is 0 Å². The van der Waals surface area contributed by atoms with E-state index in [4.69, 9.17) is 4.74 Å². The summed E-state index contributed by atoms with van der Waals surface area (Å²) in [4.78, 5) is 25.8. The first-order chi connectivity index (χ1) is 11.2. The second-order valence-electron chi connectivity index (χ2n) is 4.98. The molecule has 2 amide bonds. The van der Waals surface area contributed by atoms with Crippen LogP contribution in [-0.4, -0.2) is 29.7 Å². The summed E-state index contributed by atoms with van der Waals surface area (Å²) in [5, 5.41) is 1.68. The van der Waals surface area contributed by atoms with E-state index in [1.807, 2.05) is 36.4 Å². The highest BCUT2D eigenvalue weighted by Crippen LogP contribution is 2.35. The number of hydrogen-bond donors (Lipinski definition) is 0. The quantitative estimate of drug-likeness (QED) is 0.628. The molecule has 4 nitrogen and oxygen atoms in total. The SMILES string of the molecule is C=CCN1C(=O)S/C(=C/c2ccc(OC)c3ccccc23)C1=O. The van der Waals surface area contributed by atoms with E-state index < -0.39 is 0 Å². The number of ether oxygens (including phenoxy) is 1. The average molecular weight is 325 g/mol. The summed E-state index contributed by atoms with van der Waals surface area (Å²) in [5.41, 5.74) is 0.880. The zero-order valence-corrected chi connectivity index (χ0v) is 13.4. The lowest BCUT2D eigenvalue weighted by atomic mass is 10.0. The molecule has 5 heteroatoms. The van der Waals surface area contributed by atoms with Crippen molar-refractivity contribution >= 4 is 39.8 Å². The minimum Gasteiger partial charge on any atom is -0.496 e. The second kappa shape index (κ2) is 6.30. The molecule has 0 N–H and O–H groups in total. The van der Waals surface area contributed by atoms with Crippen molar-refractivity contribution in [2.45, 2.75) is 0 Å². The van der Waals surface area contributed by atoms with Gasteiger partial charge in [-0.05, 0) is 34.9 Å². The van der Waals surface area contributed by atoms with Crippen LogP contribution in [0.4, 0.5) is 4.79 Å². The number of fused-ring (bicyclic) bond motifs is 1. The Bertz CT molecular complexity index is 841. The van der Waals surface area contributed by atoms with Crippen LogP contribution in [0.25, 0.3) is 16.8 Å². The number of benzene rings is 2. The van der Waals surface area contributed by atoms with Gasteiger partial charge in [-0.25, -0.2) is 0 Å². The van der Waals surface area contributed by atoms with Gasteiger partial charge in [-0.1, -0.05) is 36.4 Å². The van der Waals surface area contributed by atoms with Gasteiger partial charge in [-0.3, -0.25) is 14.5 Å². The van der Waals surface area contributed by atoms with Crippen LogP contribution in [0.2, 0.25) is 0 Å². The number of methoxy groups -OCH3 is 1. The number of thioether (sulfide) groups is 1. The lowest BCUT2D eigenvalue weighted by molar-refractivity contribution is -0.122. The molecule has 0 aliphatic carbocycles. The number of nitrogens with zero attached hydrogens (tertiary/aromatic N) is 1. The minimum absolute atomic E-state index is 0.228. The van der Waals surface area contributed by atoms with Crippen molar-refractivity contribution in [2.75, 3.05) is 13.7 Å². The van der Waals surface area contributed by atoms with Gasteiger partial charge in [0.15, 0.2) is 0 Å². The van der Waals surface area contributed by atoms with Gasteiger partial charge in [0.25, 0.3) is 11.1 Å². The molecule has 1 aliphatic heterocycles. The molecule has 0 bridgehead atoms. The molecule has 23 heavy (non-hydrogen) atoms. The van der Waals surface area contributed by atoms with E-state index in [2.05, 4.69) is 6.58 Å². The van der Waals surface area contributed by atoms with Crippen molar-refractivity contribution in [3.05, 3.63) is 59.5 Å². The highest BCUT2D eigenvalue weighted by Gasteiger charge is 2.34. The fraction of sp³-hybridized carbons (Fsp3) is 0.111. The van der Waals surface area contributed by atoms with Crippen LogP contribution in [0.1, 0.15) is 5.56 Å². The molecule has 2 aromatic carbocycles. The Morgan fingerprint density at radius 2 is 1.91 bits per heavy atom. The van der Waals surface area contributed by atoms with Gasteiger partial charge in [0.2, 0.25) is 0 Å². The Morgan fingerprint density at radius 3 is 2.61 bits per heavy atom. The fourth-order valence-corrected chi connectivity index (χ4v) is 3.37. The van der Waals surface area contributed by atoms with E-state index in [0.29, 0.717) is 4.91 Å². The Hall–Kier alpha value is -2.53. The van der Waals surface area contributed by atoms with Gasteiger partial charge in [-0.15, -0.1) is 6.58 Å². The van der Waals surface area contributed by atoms with Gasteiger partial charge in [0, 0.05) is 11.9 Å². The topological polar surface area (TPSA) is 46.6 Å². The number of imide groups is 1. The molecule has 0 radical (unpaired) electrons. The predicted octanol–water partition coefficient (Wildman–Crippen LogP) is 4.07. The summed E-state index contributed by atoms with van der Waals surface area (Å²) < 4.78 is 5.37. The summed E-state index contributed by atoms with van der Waals surface area (Å²) >= 11 is 0.955.